The number of carbonyl (C=O) groups is 2. The van der Waals surface area contributed by atoms with E-state index in [0.717, 1.165) is 12.0 Å². The average Bonchev–Trinajstić information content (AvgIpc) is 3.43. The average molecular weight is 416 g/mol. The molecule has 6 heteroatoms. The zero-order valence-corrected chi connectivity index (χ0v) is 18.0. The molecule has 3 atom stereocenters. The third-order valence-electron chi connectivity index (χ3n) is 5.35. The summed E-state index contributed by atoms with van der Waals surface area (Å²) in [5.74, 6) is 0.836. The van der Waals surface area contributed by atoms with Gasteiger partial charge in [0.05, 0.1) is 0 Å². The molecule has 3 rings (SSSR count). The maximum atomic E-state index is 12.5. The third kappa shape index (κ3) is 6.05. The quantitative estimate of drug-likeness (QED) is 0.631. The minimum Gasteiger partial charge on any atom is -0.350 e. The fourth-order valence-electron chi connectivity index (χ4n) is 3.21. The number of hydrogen-bond donors (Lipinski definition) is 3. The molecule has 1 fully saturated rings. The lowest BCUT2D eigenvalue weighted by molar-refractivity contribution is -0.117. The Kier molecular flexibility index (Phi) is 7.82. The molecule has 0 heterocycles. The van der Waals surface area contributed by atoms with Gasteiger partial charge in [-0.25, -0.2) is 0 Å². The van der Waals surface area contributed by atoms with E-state index in [9.17, 15) is 9.59 Å². The van der Waals surface area contributed by atoms with Gasteiger partial charge in [0.1, 0.15) is 0 Å². The lowest BCUT2D eigenvalue weighted by Gasteiger charge is -2.15. The van der Waals surface area contributed by atoms with Gasteiger partial charge in [0.2, 0.25) is 5.91 Å². The number of amides is 2. The highest BCUT2D eigenvalue weighted by Gasteiger charge is 2.39. The van der Waals surface area contributed by atoms with E-state index in [1.807, 2.05) is 12.1 Å². The second-order valence-electron chi connectivity index (χ2n) is 8.03. The number of halogens is 1. The summed E-state index contributed by atoms with van der Waals surface area (Å²) >= 11 is 0. The van der Waals surface area contributed by atoms with Crippen molar-refractivity contribution in [3.63, 3.8) is 0 Å². The Morgan fingerprint density at radius 2 is 1.72 bits per heavy atom. The number of rotatable bonds is 7. The molecule has 2 aromatic rings. The molecular weight excluding hydrogens is 386 g/mol. The van der Waals surface area contributed by atoms with Crippen LogP contribution < -0.4 is 16.4 Å². The Labute approximate surface area is 178 Å². The molecule has 0 bridgehead atoms. The van der Waals surface area contributed by atoms with Crippen LogP contribution in [-0.4, -0.2) is 18.4 Å². The van der Waals surface area contributed by atoms with E-state index in [1.54, 1.807) is 24.3 Å². The predicted octanol–water partition coefficient (Wildman–Crippen LogP) is 4.26. The SMILES string of the molecule is CC(C)c1ccc(C(N)CNC(=O)c2cccc(NC(=O)C3CC3C)c2)cc1.Cl. The summed E-state index contributed by atoms with van der Waals surface area (Å²) in [5.41, 5.74) is 9.63. The Balaban J connectivity index is 0.00000300. The van der Waals surface area contributed by atoms with Crippen LogP contribution in [0.3, 0.4) is 0 Å². The fraction of sp³-hybridized carbons (Fsp3) is 0.391. The van der Waals surface area contributed by atoms with E-state index in [-0.39, 0.29) is 36.2 Å². The fourth-order valence-corrected chi connectivity index (χ4v) is 3.21. The smallest absolute Gasteiger partial charge is 0.251 e. The van der Waals surface area contributed by atoms with E-state index >= 15 is 0 Å². The number of nitrogens with one attached hydrogen (secondary N) is 2. The summed E-state index contributed by atoms with van der Waals surface area (Å²) in [5, 5.41) is 5.77. The van der Waals surface area contributed by atoms with Gasteiger partial charge in [0.15, 0.2) is 0 Å². The van der Waals surface area contributed by atoms with Crippen molar-refractivity contribution in [3.8, 4) is 0 Å². The molecule has 1 aliphatic carbocycles. The third-order valence-corrected chi connectivity index (χ3v) is 5.35. The van der Waals surface area contributed by atoms with Crippen molar-refractivity contribution in [2.45, 2.75) is 39.2 Å². The van der Waals surface area contributed by atoms with E-state index in [4.69, 9.17) is 5.73 Å². The Hall–Kier alpha value is -2.37. The molecule has 2 aromatic carbocycles. The molecule has 156 valence electrons. The lowest BCUT2D eigenvalue weighted by atomic mass is 9.99. The zero-order valence-electron chi connectivity index (χ0n) is 17.1. The maximum absolute atomic E-state index is 12.5. The first-order chi connectivity index (χ1) is 13.3. The van der Waals surface area contributed by atoms with Gasteiger partial charge in [-0.15, -0.1) is 12.4 Å². The Bertz CT molecular complexity index is 851. The summed E-state index contributed by atoms with van der Waals surface area (Å²) in [6, 6.07) is 14.9. The molecule has 5 nitrogen and oxygen atoms in total. The van der Waals surface area contributed by atoms with Crippen LogP contribution >= 0.6 is 12.4 Å². The monoisotopic (exact) mass is 415 g/mol. The molecular formula is C23H30ClN3O2. The van der Waals surface area contributed by atoms with Crippen LogP contribution in [0.25, 0.3) is 0 Å². The van der Waals surface area contributed by atoms with E-state index < -0.39 is 0 Å². The van der Waals surface area contributed by atoms with Crippen LogP contribution in [0, 0.1) is 11.8 Å². The van der Waals surface area contributed by atoms with Crippen LogP contribution in [0.1, 0.15) is 60.6 Å². The first-order valence-corrected chi connectivity index (χ1v) is 9.89. The molecule has 0 radical (unpaired) electrons. The second kappa shape index (κ2) is 9.90. The normalized spacial score (nSPS) is 18.5. The van der Waals surface area contributed by atoms with Crippen molar-refractivity contribution in [3.05, 3.63) is 65.2 Å². The van der Waals surface area contributed by atoms with E-state index in [2.05, 4.69) is 43.5 Å². The summed E-state index contributed by atoms with van der Waals surface area (Å²) in [6.07, 6.45) is 0.933. The highest BCUT2D eigenvalue weighted by molar-refractivity contribution is 5.98. The molecule has 1 aliphatic rings. The molecule has 0 spiro atoms. The van der Waals surface area contributed by atoms with Gasteiger partial charge in [0.25, 0.3) is 5.91 Å². The number of anilines is 1. The molecule has 4 N–H and O–H groups in total. The first kappa shape index (κ1) is 22.9. The van der Waals surface area contributed by atoms with Gasteiger partial charge < -0.3 is 16.4 Å². The van der Waals surface area contributed by atoms with E-state index in [1.165, 1.54) is 5.56 Å². The Morgan fingerprint density at radius 1 is 1.10 bits per heavy atom. The highest BCUT2D eigenvalue weighted by Crippen LogP contribution is 2.38. The molecule has 0 saturated heterocycles. The van der Waals surface area contributed by atoms with Crippen molar-refractivity contribution in [2.24, 2.45) is 17.6 Å². The first-order valence-electron chi connectivity index (χ1n) is 9.89. The number of benzene rings is 2. The zero-order chi connectivity index (χ0) is 20.3. The van der Waals surface area contributed by atoms with E-state index in [0.29, 0.717) is 29.6 Å². The van der Waals surface area contributed by atoms with Gasteiger partial charge in [-0.2, -0.15) is 0 Å². The van der Waals surface area contributed by atoms with Crippen molar-refractivity contribution >= 4 is 29.9 Å². The van der Waals surface area contributed by atoms with Crippen LogP contribution in [-0.2, 0) is 4.79 Å². The molecule has 1 saturated carbocycles. The molecule has 29 heavy (non-hydrogen) atoms. The van der Waals surface area contributed by atoms with Crippen molar-refractivity contribution in [2.75, 3.05) is 11.9 Å². The van der Waals surface area contributed by atoms with Crippen molar-refractivity contribution < 1.29 is 9.59 Å². The van der Waals surface area contributed by atoms with Crippen LogP contribution in [0.15, 0.2) is 48.5 Å². The van der Waals surface area contributed by atoms with Gasteiger partial charge in [-0.3, -0.25) is 9.59 Å². The van der Waals surface area contributed by atoms with Crippen LogP contribution in [0.2, 0.25) is 0 Å². The summed E-state index contributed by atoms with van der Waals surface area (Å²) in [4.78, 5) is 24.6. The van der Waals surface area contributed by atoms with Crippen LogP contribution in [0.5, 0.6) is 0 Å². The standard InChI is InChI=1S/C23H29N3O2.ClH/c1-14(2)16-7-9-17(10-8-16)21(24)13-25-22(27)18-5-4-6-19(12-18)26-23(28)20-11-15(20)3;/h4-10,12,14-15,20-21H,11,13,24H2,1-3H3,(H,25,27)(H,26,28);1H. The number of carbonyl (C=O) groups excluding carboxylic acids is 2. The predicted molar refractivity (Wildman–Crippen MR) is 119 cm³/mol. The second-order valence-corrected chi connectivity index (χ2v) is 8.03. The van der Waals surface area contributed by atoms with Gasteiger partial charge in [-0.1, -0.05) is 51.1 Å². The highest BCUT2D eigenvalue weighted by atomic mass is 35.5. The lowest BCUT2D eigenvalue weighted by Crippen LogP contribution is -2.32. The topological polar surface area (TPSA) is 84.2 Å². The molecule has 0 aromatic heterocycles. The molecule has 3 unspecified atom stereocenters. The van der Waals surface area contributed by atoms with Crippen molar-refractivity contribution in [1.82, 2.24) is 5.32 Å². The van der Waals surface area contributed by atoms with Gasteiger partial charge >= 0.3 is 0 Å². The summed E-state index contributed by atoms with van der Waals surface area (Å²) < 4.78 is 0. The summed E-state index contributed by atoms with van der Waals surface area (Å²) in [7, 11) is 0. The number of nitrogens with two attached hydrogens (primary N) is 1. The van der Waals surface area contributed by atoms with Gasteiger partial charge in [0, 0.05) is 29.8 Å². The Morgan fingerprint density at radius 3 is 2.31 bits per heavy atom. The van der Waals surface area contributed by atoms with Gasteiger partial charge in [-0.05, 0) is 47.6 Å². The molecule has 2 amide bonds. The van der Waals surface area contributed by atoms with Crippen molar-refractivity contribution in [1.29, 1.82) is 0 Å². The minimum atomic E-state index is -0.274. The molecule has 0 aliphatic heterocycles. The summed E-state index contributed by atoms with van der Waals surface area (Å²) in [6.45, 7) is 6.71. The minimum absolute atomic E-state index is 0. The van der Waals surface area contributed by atoms with Crippen LogP contribution in [0.4, 0.5) is 5.69 Å². The number of hydrogen-bond acceptors (Lipinski definition) is 3. The largest absolute Gasteiger partial charge is 0.350 e. The maximum Gasteiger partial charge on any atom is 0.251 e.